The molecule has 0 radical (unpaired) electrons. The summed E-state index contributed by atoms with van der Waals surface area (Å²) in [5.41, 5.74) is 3.32. The summed E-state index contributed by atoms with van der Waals surface area (Å²) >= 11 is 0. The van der Waals surface area contributed by atoms with Crippen molar-refractivity contribution in [2.24, 2.45) is 0 Å². The predicted octanol–water partition coefficient (Wildman–Crippen LogP) is 3.82. The van der Waals surface area contributed by atoms with E-state index in [0.717, 1.165) is 48.9 Å². The van der Waals surface area contributed by atoms with Crippen molar-refractivity contribution in [3.05, 3.63) is 58.2 Å². The zero-order chi connectivity index (χ0) is 19.6. The molecule has 0 unspecified atom stereocenters. The Balaban J connectivity index is 1.86. The minimum absolute atomic E-state index is 0.125. The molecule has 0 spiro atoms. The Labute approximate surface area is 156 Å². The average molecular weight is 373 g/mol. The van der Waals surface area contributed by atoms with E-state index in [0.29, 0.717) is 11.5 Å². The van der Waals surface area contributed by atoms with E-state index < -0.39 is 23.3 Å². The van der Waals surface area contributed by atoms with E-state index in [1.165, 1.54) is 6.21 Å². The van der Waals surface area contributed by atoms with Gasteiger partial charge in [-0.05, 0) is 48.1 Å². The molecule has 1 fully saturated rings. The molecular formula is C20H21F2N3O2. The Morgan fingerprint density at radius 1 is 1.30 bits per heavy atom. The van der Waals surface area contributed by atoms with Gasteiger partial charge in [0.2, 0.25) is 0 Å². The number of anilines is 1. The zero-order valence-electron chi connectivity index (χ0n) is 15.2. The molecule has 3 N–H and O–H groups in total. The smallest absolute Gasteiger partial charge is 0.251 e. The first-order chi connectivity index (χ1) is 13.0. The van der Waals surface area contributed by atoms with E-state index in [9.17, 15) is 13.6 Å². The summed E-state index contributed by atoms with van der Waals surface area (Å²) in [5.74, 6) is -2.55. The number of halogens is 2. The third-order valence-electron chi connectivity index (χ3n) is 4.71. The van der Waals surface area contributed by atoms with Crippen molar-refractivity contribution >= 4 is 17.8 Å². The number of nitrogens with one attached hydrogen (secondary N) is 3. The molecule has 5 nitrogen and oxygen atoms in total. The van der Waals surface area contributed by atoms with E-state index in [1.807, 2.05) is 12.1 Å². The highest BCUT2D eigenvalue weighted by Crippen LogP contribution is 2.43. The number of benzene rings is 2. The second-order valence-electron chi connectivity index (χ2n) is 6.42. The number of hydrogen-bond acceptors (Lipinski definition) is 4. The lowest BCUT2D eigenvalue weighted by Crippen LogP contribution is -2.24. The van der Waals surface area contributed by atoms with Crippen molar-refractivity contribution in [1.29, 1.82) is 5.41 Å². The molecule has 0 saturated heterocycles. The van der Waals surface area contributed by atoms with E-state index in [4.69, 9.17) is 5.41 Å². The van der Waals surface area contributed by atoms with Crippen LogP contribution in [0.5, 0.6) is 5.75 Å². The van der Waals surface area contributed by atoms with Gasteiger partial charge in [-0.25, -0.2) is 8.78 Å². The Hall–Kier alpha value is -2.96. The van der Waals surface area contributed by atoms with E-state index in [-0.39, 0.29) is 12.1 Å². The topological polar surface area (TPSA) is 74.2 Å². The van der Waals surface area contributed by atoms with Gasteiger partial charge >= 0.3 is 0 Å². The van der Waals surface area contributed by atoms with Gasteiger partial charge in [0.05, 0.1) is 7.11 Å². The van der Waals surface area contributed by atoms with E-state index >= 15 is 0 Å². The molecular weight excluding hydrogens is 352 g/mol. The molecule has 1 amide bonds. The normalized spacial score (nSPS) is 13.2. The summed E-state index contributed by atoms with van der Waals surface area (Å²) in [6.07, 6.45) is 3.41. The van der Waals surface area contributed by atoms with E-state index in [2.05, 4.69) is 15.4 Å². The number of carbonyl (C=O) groups excluding carboxylic acids is 1. The van der Waals surface area contributed by atoms with Crippen molar-refractivity contribution in [1.82, 2.24) is 5.32 Å². The summed E-state index contributed by atoms with van der Waals surface area (Å²) in [5, 5.41) is 13.5. The van der Waals surface area contributed by atoms with Gasteiger partial charge in [-0.15, -0.1) is 0 Å². The number of ether oxygens (including phenoxy) is 1. The Morgan fingerprint density at radius 2 is 1.96 bits per heavy atom. The van der Waals surface area contributed by atoms with Crippen molar-refractivity contribution in [2.75, 3.05) is 19.5 Å². The largest absolute Gasteiger partial charge is 0.491 e. The van der Waals surface area contributed by atoms with Gasteiger partial charge in [0, 0.05) is 36.6 Å². The second-order valence-corrected chi connectivity index (χ2v) is 6.42. The number of hydrogen-bond donors (Lipinski definition) is 3. The molecule has 0 atom stereocenters. The summed E-state index contributed by atoms with van der Waals surface area (Å²) in [6.45, 7) is 0.167. The minimum atomic E-state index is -0.932. The standard InChI is InChI=1S/C20H21F2N3O2/c1-24-18-6-5-13(11-3-4-11)15(14(18)9-23)10-25-20(26)12-7-16(21)19(27-2)17(22)8-12/h5-9,11,23-24H,3-4,10H2,1-2H3,(H,25,26). The molecule has 2 aromatic rings. The molecule has 1 aliphatic carbocycles. The van der Waals surface area contributed by atoms with Gasteiger partial charge in [-0.1, -0.05) is 6.07 Å². The molecule has 1 saturated carbocycles. The second kappa shape index (κ2) is 7.73. The van der Waals surface area contributed by atoms with Crippen LogP contribution in [0.1, 0.15) is 45.8 Å². The van der Waals surface area contributed by atoms with Crippen LogP contribution in [-0.2, 0) is 6.54 Å². The molecule has 0 aliphatic heterocycles. The number of rotatable bonds is 7. The molecule has 3 rings (SSSR count). The fourth-order valence-electron chi connectivity index (χ4n) is 3.20. The number of amides is 1. The van der Waals surface area contributed by atoms with Crippen molar-refractivity contribution in [3.63, 3.8) is 0 Å². The highest BCUT2D eigenvalue weighted by Gasteiger charge is 2.28. The molecule has 1 aliphatic rings. The van der Waals surface area contributed by atoms with Crippen LogP contribution in [0.2, 0.25) is 0 Å². The molecule has 142 valence electrons. The highest BCUT2D eigenvalue weighted by atomic mass is 19.1. The van der Waals surface area contributed by atoms with Crippen LogP contribution in [0.4, 0.5) is 14.5 Å². The average Bonchev–Trinajstić information content (AvgIpc) is 3.49. The van der Waals surface area contributed by atoms with E-state index in [1.54, 1.807) is 7.05 Å². The summed E-state index contributed by atoms with van der Waals surface area (Å²) in [6, 6.07) is 5.82. The third kappa shape index (κ3) is 3.77. The molecule has 0 aromatic heterocycles. The summed E-state index contributed by atoms with van der Waals surface area (Å²) < 4.78 is 32.3. The van der Waals surface area contributed by atoms with Crippen LogP contribution in [0.3, 0.4) is 0 Å². The molecule has 0 heterocycles. The fraction of sp³-hybridized carbons (Fsp3) is 0.300. The van der Waals surface area contributed by atoms with Gasteiger partial charge in [-0.2, -0.15) is 0 Å². The van der Waals surface area contributed by atoms with Crippen molar-refractivity contribution in [2.45, 2.75) is 25.3 Å². The van der Waals surface area contributed by atoms with Gasteiger partial charge in [-0.3, -0.25) is 4.79 Å². The molecule has 27 heavy (non-hydrogen) atoms. The van der Waals surface area contributed by atoms with Crippen LogP contribution in [0.15, 0.2) is 24.3 Å². The molecule has 0 bridgehead atoms. The monoisotopic (exact) mass is 373 g/mol. The van der Waals surface area contributed by atoms with Crippen LogP contribution < -0.4 is 15.4 Å². The number of carbonyl (C=O) groups is 1. The van der Waals surface area contributed by atoms with Crippen LogP contribution in [0, 0.1) is 17.0 Å². The quantitative estimate of drug-likeness (QED) is 0.646. The van der Waals surface area contributed by atoms with Gasteiger partial charge in [0.25, 0.3) is 5.91 Å². The predicted molar refractivity (Wildman–Crippen MR) is 99.9 cm³/mol. The summed E-state index contributed by atoms with van der Waals surface area (Å²) in [7, 11) is 2.93. The molecule has 2 aromatic carbocycles. The first kappa shape index (κ1) is 18.8. The Morgan fingerprint density at radius 3 is 2.48 bits per heavy atom. The highest BCUT2D eigenvalue weighted by molar-refractivity contribution is 5.95. The van der Waals surface area contributed by atoms with Crippen molar-refractivity contribution < 1.29 is 18.3 Å². The summed E-state index contributed by atoms with van der Waals surface area (Å²) in [4.78, 5) is 12.4. The zero-order valence-corrected chi connectivity index (χ0v) is 15.2. The van der Waals surface area contributed by atoms with Crippen LogP contribution in [-0.4, -0.2) is 26.3 Å². The first-order valence-corrected chi connectivity index (χ1v) is 8.65. The minimum Gasteiger partial charge on any atom is -0.491 e. The Kier molecular flexibility index (Phi) is 5.39. The van der Waals surface area contributed by atoms with Gasteiger partial charge < -0.3 is 20.8 Å². The lowest BCUT2D eigenvalue weighted by atomic mass is 9.96. The Bertz CT molecular complexity index is 872. The SMILES string of the molecule is CNc1ccc(C2CC2)c(CNC(=O)c2cc(F)c(OC)c(F)c2)c1C=N. The van der Waals surface area contributed by atoms with Crippen LogP contribution >= 0.6 is 0 Å². The molecule has 7 heteroatoms. The van der Waals surface area contributed by atoms with Gasteiger partial charge in [0.1, 0.15) is 0 Å². The fourth-order valence-corrected chi connectivity index (χ4v) is 3.20. The third-order valence-corrected chi connectivity index (χ3v) is 4.71. The lowest BCUT2D eigenvalue weighted by Gasteiger charge is -2.17. The van der Waals surface area contributed by atoms with Crippen LogP contribution in [0.25, 0.3) is 0 Å². The lowest BCUT2D eigenvalue weighted by molar-refractivity contribution is 0.0949. The first-order valence-electron chi connectivity index (χ1n) is 8.65. The van der Waals surface area contributed by atoms with Gasteiger partial charge in [0.15, 0.2) is 17.4 Å². The maximum Gasteiger partial charge on any atom is 0.251 e. The van der Waals surface area contributed by atoms with Crippen molar-refractivity contribution in [3.8, 4) is 5.75 Å². The maximum absolute atomic E-state index is 13.8. The number of methoxy groups -OCH3 is 1. The maximum atomic E-state index is 13.8.